The number of halogens is 2. The molecule has 2 atom stereocenters. The van der Waals surface area contributed by atoms with Gasteiger partial charge in [-0.3, -0.25) is 13.9 Å². The van der Waals surface area contributed by atoms with Gasteiger partial charge in [0.05, 0.1) is 20.6 Å². The zero-order valence-corrected chi connectivity index (χ0v) is 27.8. The van der Waals surface area contributed by atoms with E-state index >= 15 is 0 Å². The van der Waals surface area contributed by atoms with Crippen molar-refractivity contribution in [3.63, 3.8) is 0 Å². The molecule has 0 radical (unpaired) electrons. The van der Waals surface area contributed by atoms with Gasteiger partial charge in [-0.2, -0.15) is 0 Å². The Hall–Kier alpha value is -3.85. The van der Waals surface area contributed by atoms with Crippen LogP contribution in [0.1, 0.15) is 37.0 Å². The van der Waals surface area contributed by atoms with Gasteiger partial charge in [0.25, 0.3) is 10.0 Å². The first-order valence-electron chi connectivity index (χ1n) is 14.7. The fourth-order valence-corrected chi connectivity index (χ4v) is 6.82. The molecule has 236 valence electrons. The topological polar surface area (TPSA) is 86.8 Å². The maximum Gasteiger partial charge on any atom is 0.264 e. The SMILES string of the molecule is CC[C@@H](C)NC(=O)[C@@H](Cc1ccccc1)N(Cc1cccc(C)c1)C(=O)CN(c1cccc(Cl)c1Cl)S(=O)(=O)c1ccccc1. The number of hydrogen-bond donors (Lipinski definition) is 1. The molecule has 4 aromatic carbocycles. The van der Waals surface area contributed by atoms with Crippen molar-refractivity contribution in [3.05, 3.63) is 130 Å². The molecular formula is C35H37Cl2N3O4S. The van der Waals surface area contributed by atoms with Gasteiger partial charge in [0, 0.05) is 19.0 Å². The first kappa shape index (κ1) is 34.0. The van der Waals surface area contributed by atoms with E-state index in [9.17, 15) is 18.0 Å². The van der Waals surface area contributed by atoms with E-state index in [1.54, 1.807) is 30.3 Å². The third kappa shape index (κ3) is 8.66. The van der Waals surface area contributed by atoms with Crippen LogP contribution in [-0.2, 0) is 32.6 Å². The average molecular weight is 667 g/mol. The van der Waals surface area contributed by atoms with E-state index in [1.807, 2.05) is 75.4 Å². The molecule has 0 saturated carbocycles. The lowest BCUT2D eigenvalue weighted by Crippen LogP contribution is -2.54. The Bertz CT molecular complexity index is 1720. The summed E-state index contributed by atoms with van der Waals surface area (Å²) in [7, 11) is -4.29. The molecule has 0 bridgehead atoms. The van der Waals surface area contributed by atoms with Gasteiger partial charge in [0.2, 0.25) is 11.8 Å². The molecule has 0 fully saturated rings. The quantitative estimate of drug-likeness (QED) is 0.166. The number of carbonyl (C=O) groups is 2. The third-order valence-corrected chi connectivity index (χ3v) is 10.1. The molecule has 0 unspecified atom stereocenters. The number of aryl methyl sites for hydroxylation is 1. The summed E-state index contributed by atoms with van der Waals surface area (Å²) in [5.41, 5.74) is 2.70. The first-order chi connectivity index (χ1) is 21.5. The van der Waals surface area contributed by atoms with E-state index in [0.717, 1.165) is 21.0 Å². The second-order valence-corrected chi connectivity index (χ2v) is 13.6. The molecule has 10 heteroatoms. The van der Waals surface area contributed by atoms with Gasteiger partial charge in [-0.25, -0.2) is 8.42 Å². The van der Waals surface area contributed by atoms with Gasteiger partial charge in [-0.1, -0.05) is 115 Å². The van der Waals surface area contributed by atoms with Crippen LogP contribution >= 0.6 is 23.2 Å². The van der Waals surface area contributed by atoms with Crippen molar-refractivity contribution in [2.45, 2.75) is 57.1 Å². The molecule has 45 heavy (non-hydrogen) atoms. The Labute approximate surface area is 275 Å². The summed E-state index contributed by atoms with van der Waals surface area (Å²) in [6.45, 7) is 5.27. The highest BCUT2D eigenvalue weighted by atomic mass is 35.5. The predicted molar refractivity (Wildman–Crippen MR) is 181 cm³/mol. The van der Waals surface area contributed by atoms with Crippen molar-refractivity contribution in [3.8, 4) is 0 Å². The van der Waals surface area contributed by atoms with Gasteiger partial charge in [0.15, 0.2) is 0 Å². The van der Waals surface area contributed by atoms with Crippen LogP contribution in [0.25, 0.3) is 0 Å². The second kappa shape index (κ2) is 15.4. The highest BCUT2D eigenvalue weighted by Gasteiger charge is 2.35. The van der Waals surface area contributed by atoms with Gasteiger partial charge in [0.1, 0.15) is 12.6 Å². The number of carbonyl (C=O) groups excluding carboxylic acids is 2. The minimum absolute atomic E-state index is 0.00736. The molecule has 0 aliphatic rings. The van der Waals surface area contributed by atoms with Crippen LogP contribution in [0.15, 0.2) is 108 Å². The summed E-state index contributed by atoms with van der Waals surface area (Å²) in [6.07, 6.45) is 0.927. The minimum atomic E-state index is -4.29. The van der Waals surface area contributed by atoms with Gasteiger partial charge < -0.3 is 10.2 Å². The first-order valence-corrected chi connectivity index (χ1v) is 16.9. The third-order valence-electron chi connectivity index (χ3n) is 7.52. The van der Waals surface area contributed by atoms with Crippen LogP contribution < -0.4 is 9.62 Å². The van der Waals surface area contributed by atoms with Crippen LogP contribution in [0.2, 0.25) is 10.0 Å². The molecule has 2 amide bonds. The molecule has 0 spiro atoms. The monoisotopic (exact) mass is 665 g/mol. The summed E-state index contributed by atoms with van der Waals surface area (Å²) in [5, 5.41) is 3.17. The van der Waals surface area contributed by atoms with E-state index in [1.165, 1.54) is 23.1 Å². The van der Waals surface area contributed by atoms with Crippen molar-refractivity contribution in [2.24, 2.45) is 0 Å². The number of hydrogen-bond acceptors (Lipinski definition) is 4. The van der Waals surface area contributed by atoms with Crippen LogP contribution in [0, 0.1) is 6.92 Å². The van der Waals surface area contributed by atoms with Crippen molar-refractivity contribution < 1.29 is 18.0 Å². The lowest BCUT2D eigenvalue weighted by atomic mass is 10.0. The zero-order valence-electron chi connectivity index (χ0n) is 25.5. The van der Waals surface area contributed by atoms with Crippen molar-refractivity contribution >= 4 is 50.7 Å². The number of nitrogens with zero attached hydrogens (tertiary/aromatic N) is 2. The standard InChI is InChI=1S/C35H37Cl2N3O4S/c1-4-26(3)38-35(42)32(22-27-14-7-5-8-15-27)39(23-28-16-11-13-25(2)21-28)33(41)24-40(31-20-12-19-30(36)34(31)37)45(43,44)29-17-9-6-10-18-29/h5-21,26,32H,4,22-24H2,1-3H3,(H,38,42)/t26-,32-/m1/s1. The Balaban J connectivity index is 1.83. The molecule has 1 N–H and O–H groups in total. The van der Waals surface area contributed by atoms with Gasteiger partial charge in [-0.05, 0) is 55.7 Å². The van der Waals surface area contributed by atoms with Gasteiger partial charge in [-0.15, -0.1) is 0 Å². The summed E-state index contributed by atoms with van der Waals surface area (Å²) in [4.78, 5) is 29.9. The van der Waals surface area contributed by atoms with E-state index in [2.05, 4.69) is 5.32 Å². The fourth-order valence-electron chi connectivity index (χ4n) is 4.92. The number of benzene rings is 4. The summed E-state index contributed by atoms with van der Waals surface area (Å²) in [6, 6.07) is 28.5. The second-order valence-electron chi connectivity index (χ2n) is 10.9. The maximum atomic E-state index is 14.5. The van der Waals surface area contributed by atoms with E-state index in [0.29, 0.717) is 6.42 Å². The molecule has 7 nitrogen and oxygen atoms in total. The van der Waals surface area contributed by atoms with Crippen LogP contribution in [-0.4, -0.2) is 43.8 Å². The number of amides is 2. The molecule has 0 heterocycles. The van der Waals surface area contributed by atoms with Crippen LogP contribution in [0.3, 0.4) is 0 Å². The lowest BCUT2D eigenvalue weighted by Gasteiger charge is -2.34. The smallest absolute Gasteiger partial charge is 0.264 e. The minimum Gasteiger partial charge on any atom is -0.352 e. The summed E-state index contributed by atoms with van der Waals surface area (Å²) >= 11 is 12.9. The fraction of sp³-hybridized carbons (Fsp3) is 0.257. The van der Waals surface area contributed by atoms with Gasteiger partial charge >= 0.3 is 0 Å². The van der Waals surface area contributed by atoms with Crippen LogP contribution in [0.5, 0.6) is 0 Å². The molecule has 4 rings (SSSR count). The number of anilines is 1. The highest BCUT2D eigenvalue weighted by Crippen LogP contribution is 2.35. The summed E-state index contributed by atoms with van der Waals surface area (Å²) < 4.78 is 29.2. The maximum absolute atomic E-state index is 14.5. The van der Waals surface area contributed by atoms with E-state index in [-0.39, 0.29) is 45.5 Å². The van der Waals surface area contributed by atoms with Crippen molar-refractivity contribution in [1.29, 1.82) is 0 Å². The highest BCUT2D eigenvalue weighted by molar-refractivity contribution is 7.92. The van der Waals surface area contributed by atoms with Crippen molar-refractivity contribution in [2.75, 3.05) is 10.8 Å². The predicted octanol–water partition coefficient (Wildman–Crippen LogP) is 7.05. The Morgan fingerprint density at radius 3 is 2.11 bits per heavy atom. The number of sulfonamides is 1. The molecular weight excluding hydrogens is 629 g/mol. The normalized spacial score (nSPS) is 12.6. The Morgan fingerprint density at radius 1 is 0.844 bits per heavy atom. The Morgan fingerprint density at radius 2 is 1.47 bits per heavy atom. The summed E-state index contributed by atoms with van der Waals surface area (Å²) in [5.74, 6) is -0.903. The molecule has 4 aromatic rings. The van der Waals surface area contributed by atoms with E-state index in [4.69, 9.17) is 23.2 Å². The number of nitrogens with one attached hydrogen (secondary N) is 1. The number of rotatable bonds is 13. The zero-order chi connectivity index (χ0) is 32.6. The average Bonchev–Trinajstić information content (AvgIpc) is 3.03. The molecule has 0 aliphatic carbocycles. The molecule has 0 saturated heterocycles. The Kier molecular flexibility index (Phi) is 11.7. The molecule has 0 aromatic heterocycles. The van der Waals surface area contributed by atoms with Crippen LogP contribution in [0.4, 0.5) is 5.69 Å². The molecule has 0 aliphatic heterocycles. The lowest BCUT2D eigenvalue weighted by molar-refractivity contribution is -0.140. The van der Waals surface area contributed by atoms with E-state index < -0.39 is 28.5 Å². The largest absolute Gasteiger partial charge is 0.352 e. The van der Waals surface area contributed by atoms with Crippen molar-refractivity contribution in [1.82, 2.24) is 10.2 Å².